The Hall–Kier alpha value is -2.76. The molecule has 1 amide bonds. The van der Waals surface area contributed by atoms with Crippen LogP contribution >= 0.6 is 0 Å². The second-order valence-electron chi connectivity index (χ2n) is 5.25. The predicted molar refractivity (Wildman–Crippen MR) is 83.2 cm³/mol. The first-order valence-electron chi connectivity index (χ1n) is 7.22. The molecule has 4 nitrogen and oxygen atoms in total. The summed E-state index contributed by atoms with van der Waals surface area (Å²) in [7, 11) is 0. The number of pyridine rings is 1. The van der Waals surface area contributed by atoms with Crippen molar-refractivity contribution in [2.45, 2.75) is 19.8 Å². The van der Waals surface area contributed by atoms with Gasteiger partial charge in [-0.05, 0) is 37.6 Å². The average molecular weight is 315 g/mol. The van der Waals surface area contributed by atoms with Crippen LogP contribution in [0.5, 0.6) is 0 Å². The summed E-state index contributed by atoms with van der Waals surface area (Å²) >= 11 is 0. The molecule has 118 valence electrons. The van der Waals surface area contributed by atoms with Gasteiger partial charge in [-0.15, -0.1) is 0 Å². The van der Waals surface area contributed by atoms with Gasteiger partial charge < -0.3 is 9.72 Å². The Morgan fingerprint density at radius 3 is 2.87 bits per heavy atom. The van der Waals surface area contributed by atoms with Gasteiger partial charge in [0.15, 0.2) is 0 Å². The maximum atomic E-state index is 13.5. The molecule has 1 aromatic carbocycles. The monoisotopic (exact) mass is 315 g/mol. The SMILES string of the molecule is Cc1nc2ccccn2c1CCC(=O)Nc1ccc(F)cc1F. The topological polar surface area (TPSA) is 46.4 Å². The number of halogens is 2. The smallest absolute Gasteiger partial charge is 0.224 e. The van der Waals surface area contributed by atoms with Crippen molar-refractivity contribution in [3.05, 3.63) is 65.6 Å². The molecule has 0 fully saturated rings. The van der Waals surface area contributed by atoms with E-state index in [2.05, 4.69) is 10.3 Å². The molecule has 0 aliphatic carbocycles. The van der Waals surface area contributed by atoms with E-state index in [9.17, 15) is 13.6 Å². The van der Waals surface area contributed by atoms with Crippen LogP contribution in [0.2, 0.25) is 0 Å². The van der Waals surface area contributed by atoms with Crippen LogP contribution in [0.15, 0.2) is 42.6 Å². The predicted octanol–water partition coefficient (Wildman–Crippen LogP) is 3.49. The summed E-state index contributed by atoms with van der Waals surface area (Å²) in [6, 6.07) is 8.74. The van der Waals surface area contributed by atoms with Crippen LogP contribution in [0, 0.1) is 18.6 Å². The highest BCUT2D eigenvalue weighted by Gasteiger charge is 2.12. The Morgan fingerprint density at radius 1 is 1.26 bits per heavy atom. The van der Waals surface area contributed by atoms with E-state index in [1.807, 2.05) is 35.7 Å². The summed E-state index contributed by atoms with van der Waals surface area (Å²) in [6.45, 7) is 1.89. The van der Waals surface area contributed by atoms with Crippen molar-refractivity contribution in [3.8, 4) is 0 Å². The lowest BCUT2D eigenvalue weighted by molar-refractivity contribution is -0.116. The van der Waals surface area contributed by atoms with Gasteiger partial charge in [-0.25, -0.2) is 13.8 Å². The molecule has 2 heterocycles. The fraction of sp³-hybridized carbons (Fsp3) is 0.176. The average Bonchev–Trinajstić information content (AvgIpc) is 2.83. The molecule has 0 bridgehead atoms. The first-order valence-corrected chi connectivity index (χ1v) is 7.22. The molecule has 0 aliphatic heterocycles. The van der Waals surface area contributed by atoms with Crippen molar-refractivity contribution in [2.24, 2.45) is 0 Å². The molecule has 3 aromatic rings. The molecule has 6 heteroatoms. The van der Waals surface area contributed by atoms with Crippen LogP contribution in [-0.2, 0) is 11.2 Å². The van der Waals surface area contributed by atoms with Crippen molar-refractivity contribution in [3.63, 3.8) is 0 Å². The van der Waals surface area contributed by atoms with E-state index in [-0.39, 0.29) is 18.0 Å². The van der Waals surface area contributed by atoms with Crippen molar-refractivity contribution < 1.29 is 13.6 Å². The number of anilines is 1. The molecule has 0 saturated heterocycles. The number of hydrogen-bond acceptors (Lipinski definition) is 2. The van der Waals surface area contributed by atoms with Crippen molar-refractivity contribution in [1.82, 2.24) is 9.38 Å². The van der Waals surface area contributed by atoms with Gasteiger partial charge in [-0.2, -0.15) is 0 Å². The summed E-state index contributed by atoms with van der Waals surface area (Å²) < 4.78 is 28.3. The van der Waals surface area contributed by atoms with Gasteiger partial charge in [-0.1, -0.05) is 6.07 Å². The quantitative estimate of drug-likeness (QED) is 0.801. The van der Waals surface area contributed by atoms with Gasteiger partial charge in [0.25, 0.3) is 0 Å². The second kappa shape index (κ2) is 6.16. The van der Waals surface area contributed by atoms with Crippen LogP contribution in [0.1, 0.15) is 17.8 Å². The molecule has 0 unspecified atom stereocenters. The van der Waals surface area contributed by atoms with E-state index in [1.54, 1.807) is 0 Å². The molecule has 23 heavy (non-hydrogen) atoms. The molecular formula is C17H15F2N3O. The van der Waals surface area contributed by atoms with Crippen molar-refractivity contribution in [1.29, 1.82) is 0 Å². The molecule has 3 rings (SSSR count). The molecule has 0 spiro atoms. The minimum Gasteiger partial charge on any atom is -0.324 e. The lowest BCUT2D eigenvalue weighted by atomic mass is 10.2. The Morgan fingerprint density at radius 2 is 2.09 bits per heavy atom. The summed E-state index contributed by atoms with van der Waals surface area (Å²) in [6.07, 6.45) is 2.55. The number of benzene rings is 1. The third kappa shape index (κ3) is 3.21. The van der Waals surface area contributed by atoms with Gasteiger partial charge in [-0.3, -0.25) is 4.79 Å². The normalized spacial score (nSPS) is 10.9. The van der Waals surface area contributed by atoms with E-state index in [4.69, 9.17) is 0 Å². The number of fused-ring (bicyclic) bond motifs is 1. The molecule has 0 aliphatic rings. The molecule has 0 radical (unpaired) electrons. The van der Waals surface area contributed by atoms with E-state index >= 15 is 0 Å². The number of hydrogen-bond donors (Lipinski definition) is 1. The number of aryl methyl sites for hydroxylation is 2. The van der Waals surface area contributed by atoms with Crippen molar-refractivity contribution in [2.75, 3.05) is 5.32 Å². The third-order valence-electron chi connectivity index (χ3n) is 3.62. The molecule has 1 N–H and O–H groups in total. The lowest BCUT2D eigenvalue weighted by Gasteiger charge is -2.07. The fourth-order valence-corrected chi connectivity index (χ4v) is 2.50. The van der Waals surface area contributed by atoms with E-state index < -0.39 is 11.6 Å². The summed E-state index contributed by atoms with van der Waals surface area (Å²) in [5.74, 6) is -1.80. The van der Waals surface area contributed by atoms with Crippen LogP contribution in [-0.4, -0.2) is 15.3 Å². The third-order valence-corrected chi connectivity index (χ3v) is 3.62. The van der Waals surface area contributed by atoms with E-state index in [0.29, 0.717) is 6.42 Å². The largest absolute Gasteiger partial charge is 0.324 e. The second-order valence-corrected chi connectivity index (χ2v) is 5.25. The summed E-state index contributed by atoms with van der Waals surface area (Å²) in [5.41, 5.74) is 2.60. The van der Waals surface area contributed by atoms with Gasteiger partial charge >= 0.3 is 0 Å². The zero-order valence-corrected chi connectivity index (χ0v) is 12.5. The number of carbonyl (C=O) groups is 1. The number of aromatic nitrogens is 2. The first kappa shape index (κ1) is 15.1. The minimum absolute atomic E-state index is 0.0220. The highest BCUT2D eigenvalue weighted by molar-refractivity contribution is 5.90. The van der Waals surface area contributed by atoms with Crippen LogP contribution in [0.4, 0.5) is 14.5 Å². The number of carbonyl (C=O) groups excluding carboxylic acids is 1. The van der Waals surface area contributed by atoms with Crippen LogP contribution in [0.25, 0.3) is 5.65 Å². The maximum Gasteiger partial charge on any atom is 0.224 e. The Balaban J connectivity index is 1.70. The van der Waals surface area contributed by atoms with E-state index in [0.717, 1.165) is 29.2 Å². The summed E-state index contributed by atoms with van der Waals surface area (Å²) in [4.78, 5) is 16.4. The molecule has 2 aromatic heterocycles. The number of amides is 1. The number of rotatable bonds is 4. The molecule has 0 saturated carbocycles. The van der Waals surface area contributed by atoms with Gasteiger partial charge in [0, 0.05) is 24.4 Å². The Labute approximate surface area is 131 Å². The number of nitrogens with zero attached hydrogens (tertiary/aromatic N) is 2. The first-order chi connectivity index (χ1) is 11.0. The zero-order chi connectivity index (χ0) is 16.4. The van der Waals surface area contributed by atoms with Crippen LogP contribution < -0.4 is 5.32 Å². The van der Waals surface area contributed by atoms with Crippen molar-refractivity contribution >= 4 is 17.2 Å². The van der Waals surface area contributed by atoms with Gasteiger partial charge in [0.05, 0.1) is 11.4 Å². The Bertz CT molecular complexity index is 873. The van der Waals surface area contributed by atoms with Gasteiger partial charge in [0.2, 0.25) is 5.91 Å². The molecule has 0 atom stereocenters. The zero-order valence-electron chi connectivity index (χ0n) is 12.5. The highest BCUT2D eigenvalue weighted by Crippen LogP contribution is 2.17. The summed E-state index contributed by atoms with van der Waals surface area (Å²) in [5, 5.41) is 2.46. The van der Waals surface area contributed by atoms with E-state index in [1.165, 1.54) is 6.07 Å². The Kier molecular flexibility index (Phi) is 4.06. The molecular weight excluding hydrogens is 300 g/mol. The number of imidazole rings is 1. The van der Waals surface area contributed by atoms with Crippen LogP contribution in [0.3, 0.4) is 0 Å². The fourth-order valence-electron chi connectivity index (χ4n) is 2.50. The lowest BCUT2D eigenvalue weighted by Crippen LogP contribution is -2.14. The van der Waals surface area contributed by atoms with Gasteiger partial charge in [0.1, 0.15) is 17.3 Å². The number of nitrogens with one attached hydrogen (secondary N) is 1. The highest BCUT2D eigenvalue weighted by atomic mass is 19.1. The maximum absolute atomic E-state index is 13.5. The standard InChI is InChI=1S/C17H15F2N3O/c1-11-15(22-9-3-2-4-16(22)20-11)7-8-17(23)21-14-6-5-12(18)10-13(14)19/h2-6,9-10H,7-8H2,1H3,(H,21,23). The minimum atomic E-state index is -0.788.